The van der Waals surface area contributed by atoms with Crippen molar-refractivity contribution in [2.45, 2.75) is 37.6 Å². The summed E-state index contributed by atoms with van der Waals surface area (Å²) in [7, 11) is -3.97. The van der Waals surface area contributed by atoms with Crippen LogP contribution >= 0.6 is 11.6 Å². The molecule has 1 aliphatic heterocycles. The van der Waals surface area contributed by atoms with Gasteiger partial charge in [0.25, 0.3) is 5.91 Å². The Kier molecular flexibility index (Phi) is 7.13. The molecular formula is C21H25ClFN3O3S. The highest BCUT2D eigenvalue weighted by Gasteiger charge is 2.27. The van der Waals surface area contributed by atoms with Crippen LogP contribution in [0.5, 0.6) is 0 Å². The highest BCUT2D eigenvalue weighted by atomic mass is 35.5. The van der Waals surface area contributed by atoms with Gasteiger partial charge in [0.2, 0.25) is 10.0 Å². The van der Waals surface area contributed by atoms with E-state index in [1.165, 1.54) is 0 Å². The number of aryl methyl sites for hydroxylation is 1. The zero-order chi connectivity index (χ0) is 21.9. The molecular weight excluding hydrogens is 429 g/mol. The van der Waals surface area contributed by atoms with Gasteiger partial charge in [-0.05, 0) is 69.5 Å². The third kappa shape index (κ3) is 5.18. The zero-order valence-electron chi connectivity index (χ0n) is 16.8. The first-order chi connectivity index (χ1) is 14.2. The molecule has 2 aromatic rings. The fourth-order valence-corrected chi connectivity index (χ4v) is 5.26. The van der Waals surface area contributed by atoms with Crippen molar-refractivity contribution in [3.8, 4) is 0 Å². The van der Waals surface area contributed by atoms with Crippen LogP contribution in [0.2, 0.25) is 5.02 Å². The first kappa shape index (κ1) is 22.7. The van der Waals surface area contributed by atoms with Crippen LogP contribution in [-0.2, 0) is 10.0 Å². The number of rotatable bonds is 6. The van der Waals surface area contributed by atoms with E-state index in [0.29, 0.717) is 5.56 Å². The van der Waals surface area contributed by atoms with E-state index in [1.807, 2.05) is 6.92 Å². The number of benzene rings is 2. The average molecular weight is 454 g/mol. The molecule has 0 aromatic heterocycles. The Hall–Kier alpha value is -2.00. The second kappa shape index (κ2) is 9.43. The second-order valence-corrected chi connectivity index (χ2v) is 9.65. The van der Waals surface area contributed by atoms with E-state index in [-0.39, 0.29) is 27.6 Å². The quantitative estimate of drug-likeness (QED) is 0.622. The molecule has 0 radical (unpaired) electrons. The van der Waals surface area contributed by atoms with Crippen LogP contribution in [0.1, 0.15) is 35.7 Å². The number of hydrogen-bond donors (Lipinski definition) is 3. The summed E-state index contributed by atoms with van der Waals surface area (Å²) in [6.45, 7) is 5.25. The molecule has 1 aliphatic rings. The molecule has 3 rings (SSSR count). The third-order valence-electron chi connectivity index (χ3n) is 5.39. The number of hydrogen-bond acceptors (Lipinski definition) is 4. The summed E-state index contributed by atoms with van der Waals surface area (Å²) < 4.78 is 42.8. The van der Waals surface area contributed by atoms with Gasteiger partial charge in [-0.3, -0.25) is 4.79 Å². The van der Waals surface area contributed by atoms with E-state index in [2.05, 4.69) is 15.4 Å². The number of piperidine rings is 1. The molecule has 162 valence electrons. The number of carbonyl (C=O) groups is 1. The molecule has 0 unspecified atom stereocenters. The largest absolute Gasteiger partial charge is 0.318 e. The van der Waals surface area contributed by atoms with Crippen molar-refractivity contribution in [1.29, 1.82) is 0 Å². The average Bonchev–Trinajstić information content (AvgIpc) is 2.71. The monoisotopic (exact) mass is 453 g/mol. The molecule has 0 spiro atoms. The minimum Gasteiger partial charge on any atom is -0.318 e. The van der Waals surface area contributed by atoms with Crippen LogP contribution in [0.4, 0.5) is 10.1 Å². The Morgan fingerprint density at radius 2 is 1.90 bits per heavy atom. The van der Waals surface area contributed by atoms with Crippen LogP contribution in [0, 0.1) is 18.7 Å². The van der Waals surface area contributed by atoms with E-state index in [0.717, 1.165) is 43.6 Å². The van der Waals surface area contributed by atoms with Crippen LogP contribution in [0.25, 0.3) is 0 Å². The van der Waals surface area contributed by atoms with Crippen molar-refractivity contribution in [2.75, 3.05) is 18.4 Å². The molecule has 1 heterocycles. The van der Waals surface area contributed by atoms with E-state index >= 15 is 0 Å². The fraction of sp³-hybridized carbons (Fsp3) is 0.381. The first-order valence-corrected chi connectivity index (χ1v) is 11.6. The molecule has 30 heavy (non-hydrogen) atoms. The van der Waals surface area contributed by atoms with Gasteiger partial charge in [0.1, 0.15) is 5.82 Å². The van der Waals surface area contributed by atoms with Crippen molar-refractivity contribution in [3.63, 3.8) is 0 Å². The van der Waals surface area contributed by atoms with Crippen LogP contribution in [0.15, 0.2) is 41.3 Å². The van der Waals surface area contributed by atoms with Gasteiger partial charge in [-0.25, -0.2) is 17.5 Å². The predicted octanol–water partition coefficient (Wildman–Crippen LogP) is 3.71. The first-order valence-electron chi connectivity index (χ1n) is 9.78. The lowest BCUT2D eigenvalue weighted by Crippen LogP contribution is -2.42. The second-order valence-electron chi connectivity index (χ2n) is 7.53. The molecule has 0 saturated carbocycles. The van der Waals surface area contributed by atoms with Gasteiger partial charge in [0.05, 0.1) is 15.6 Å². The van der Waals surface area contributed by atoms with Crippen LogP contribution < -0.4 is 15.4 Å². The minimum absolute atomic E-state index is 0.188. The number of sulfonamides is 1. The Labute approximate surface area is 181 Å². The van der Waals surface area contributed by atoms with Gasteiger partial charge >= 0.3 is 0 Å². The number of anilines is 1. The molecule has 1 fully saturated rings. The molecule has 0 bridgehead atoms. The number of halogens is 2. The molecule has 2 aromatic carbocycles. The summed E-state index contributed by atoms with van der Waals surface area (Å²) in [5.74, 6) is -1.24. The van der Waals surface area contributed by atoms with Crippen molar-refractivity contribution in [1.82, 2.24) is 10.0 Å². The lowest BCUT2D eigenvalue weighted by atomic mass is 9.92. The fourth-order valence-electron chi connectivity index (χ4n) is 3.59. The lowest BCUT2D eigenvalue weighted by molar-refractivity contribution is 0.102. The molecule has 1 amide bonds. The van der Waals surface area contributed by atoms with Gasteiger partial charge in [-0.15, -0.1) is 0 Å². The highest BCUT2D eigenvalue weighted by Crippen LogP contribution is 2.30. The Morgan fingerprint density at radius 3 is 2.53 bits per heavy atom. The summed E-state index contributed by atoms with van der Waals surface area (Å²) in [6.07, 6.45) is 1.73. The van der Waals surface area contributed by atoms with Crippen molar-refractivity contribution >= 4 is 33.2 Å². The molecule has 6 nitrogen and oxygen atoms in total. The van der Waals surface area contributed by atoms with Crippen LogP contribution in [-0.4, -0.2) is 33.5 Å². The smallest absolute Gasteiger partial charge is 0.256 e. The van der Waals surface area contributed by atoms with E-state index < -0.39 is 21.7 Å². The Bertz CT molecular complexity index is 1020. The van der Waals surface area contributed by atoms with Crippen molar-refractivity contribution < 1.29 is 17.6 Å². The molecule has 9 heteroatoms. The SMILES string of the molecule is Cc1ccccc1C(=O)Nc1c(F)cc(S(=O)(=O)N[C@H](C)C2CCNCC2)cc1Cl. The molecule has 1 atom stereocenters. The summed E-state index contributed by atoms with van der Waals surface area (Å²) >= 11 is 6.14. The van der Waals surface area contributed by atoms with Crippen molar-refractivity contribution in [3.05, 3.63) is 58.4 Å². The van der Waals surface area contributed by atoms with Gasteiger partial charge in [0, 0.05) is 11.6 Å². The van der Waals surface area contributed by atoms with Gasteiger partial charge < -0.3 is 10.6 Å². The summed E-state index contributed by atoms with van der Waals surface area (Å²) in [6, 6.07) is 8.59. The van der Waals surface area contributed by atoms with Gasteiger partial charge in [0.15, 0.2) is 0 Å². The summed E-state index contributed by atoms with van der Waals surface area (Å²) in [4.78, 5) is 12.2. The Morgan fingerprint density at radius 1 is 1.23 bits per heavy atom. The normalized spacial score (nSPS) is 16.3. The van der Waals surface area contributed by atoms with Crippen molar-refractivity contribution in [2.24, 2.45) is 5.92 Å². The third-order valence-corrected chi connectivity index (χ3v) is 7.22. The minimum atomic E-state index is -3.97. The summed E-state index contributed by atoms with van der Waals surface area (Å²) in [5.41, 5.74) is 0.847. The van der Waals surface area contributed by atoms with E-state index in [9.17, 15) is 17.6 Å². The van der Waals surface area contributed by atoms with E-state index in [1.54, 1.807) is 31.2 Å². The highest BCUT2D eigenvalue weighted by molar-refractivity contribution is 7.89. The topological polar surface area (TPSA) is 87.3 Å². The number of carbonyl (C=O) groups excluding carboxylic acids is 1. The molecule has 3 N–H and O–H groups in total. The molecule has 1 saturated heterocycles. The predicted molar refractivity (Wildman–Crippen MR) is 116 cm³/mol. The van der Waals surface area contributed by atoms with E-state index in [4.69, 9.17) is 11.6 Å². The Balaban J connectivity index is 1.79. The maximum absolute atomic E-state index is 14.7. The van der Waals surface area contributed by atoms with Gasteiger partial charge in [-0.1, -0.05) is 29.8 Å². The maximum Gasteiger partial charge on any atom is 0.256 e. The number of nitrogens with one attached hydrogen (secondary N) is 3. The zero-order valence-corrected chi connectivity index (χ0v) is 18.4. The standard InChI is InChI=1S/C21H25ClFN3O3S/c1-13-5-3-4-6-17(13)21(27)25-20-18(22)11-16(12-19(20)23)30(28,29)26-14(2)15-7-9-24-10-8-15/h3-6,11-12,14-15,24,26H,7-10H2,1-2H3,(H,25,27)/t14-/m1/s1. The van der Waals surface area contributed by atoms with Crippen LogP contribution in [0.3, 0.4) is 0 Å². The lowest BCUT2D eigenvalue weighted by Gasteiger charge is -2.28. The summed E-state index contributed by atoms with van der Waals surface area (Å²) in [5, 5.41) is 5.49. The maximum atomic E-state index is 14.7. The van der Waals surface area contributed by atoms with Gasteiger partial charge in [-0.2, -0.15) is 0 Å². The molecule has 0 aliphatic carbocycles. The number of amides is 1.